The topological polar surface area (TPSA) is 60.4 Å². The molecule has 1 aliphatic carbocycles. The van der Waals surface area contributed by atoms with Gasteiger partial charge in [-0.25, -0.2) is 17.2 Å². The van der Waals surface area contributed by atoms with Crippen molar-refractivity contribution in [2.75, 3.05) is 12.9 Å². The highest BCUT2D eigenvalue weighted by Gasteiger charge is 2.33. The predicted octanol–water partition coefficient (Wildman–Crippen LogP) is 3.99. The Labute approximate surface area is 157 Å². The third kappa shape index (κ3) is 4.35. The van der Waals surface area contributed by atoms with Crippen LogP contribution in [0.25, 0.3) is 11.1 Å². The lowest BCUT2D eigenvalue weighted by molar-refractivity contribution is -0.145. The number of ether oxygens (including phenoxy) is 1. The fraction of sp³-hybridized carbons (Fsp3) is 0.350. The molecule has 0 N–H and O–H groups in total. The monoisotopic (exact) mass is 394 g/mol. The van der Waals surface area contributed by atoms with E-state index in [1.807, 2.05) is 0 Å². The maximum Gasteiger partial charge on any atom is 0.308 e. The number of hydrogen-bond acceptors (Lipinski definition) is 4. The molecule has 3 rings (SSSR count). The van der Waals surface area contributed by atoms with Gasteiger partial charge in [0.15, 0.2) is 9.84 Å². The molecule has 0 spiro atoms. The van der Waals surface area contributed by atoms with Gasteiger partial charge in [-0.15, -0.1) is 0 Å². The van der Waals surface area contributed by atoms with Gasteiger partial charge in [-0.05, 0) is 55.0 Å². The molecule has 7 heteroatoms. The van der Waals surface area contributed by atoms with E-state index < -0.39 is 21.5 Å². The first-order valence-electron chi connectivity index (χ1n) is 8.66. The summed E-state index contributed by atoms with van der Waals surface area (Å²) in [4.78, 5) is 11.7. The minimum Gasteiger partial charge on any atom is -0.469 e. The van der Waals surface area contributed by atoms with E-state index in [0.29, 0.717) is 24.8 Å². The molecule has 0 saturated heterocycles. The second-order valence-corrected chi connectivity index (χ2v) is 8.86. The Balaban J connectivity index is 1.73. The van der Waals surface area contributed by atoms with Gasteiger partial charge in [0.05, 0.1) is 23.7 Å². The van der Waals surface area contributed by atoms with Crippen LogP contribution < -0.4 is 0 Å². The first kappa shape index (κ1) is 19.5. The SMILES string of the molecule is COC(=O)[C@@H]1CC[C@H](CS(=O)(=O)c2ccc(-c3ccc(F)cc3F)cc2)C1. The van der Waals surface area contributed by atoms with Gasteiger partial charge < -0.3 is 4.74 Å². The average molecular weight is 394 g/mol. The molecule has 1 saturated carbocycles. The lowest BCUT2D eigenvalue weighted by Crippen LogP contribution is -2.17. The van der Waals surface area contributed by atoms with Crippen LogP contribution in [0.3, 0.4) is 0 Å². The molecule has 0 aromatic heterocycles. The van der Waals surface area contributed by atoms with E-state index in [1.54, 1.807) is 0 Å². The van der Waals surface area contributed by atoms with Crippen molar-refractivity contribution in [1.29, 1.82) is 0 Å². The Bertz CT molecular complexity index is 939. The first-order valence-corrected chi connectivity index (χ1v) is 10.3. The van der Waals surface area contributed by atoms with Gasteiger partial charge in [-0.3, -0.25) is 4.79 Å². The molecule has 0 amide bonds. The van der Waals surface area contributed by atoms with Gasteiger partial charge in [0.1, 0.15) is 11.6 Å². The molecule has 1 aliphatic rings. The zero-order valence-electron chi connectivity index (χ0n) is 14.8. The molecule has 0 radical (unpaired) electrons. The van der Waals surface area contributed by atoms with Crippen molar-refractivity contribution in [2.45, 2.75) is 24.2 Å². The Morgan fingerprint density at radius 2 is 1.81 bits per heavy atom. The van der Waals surface area contributed by atoms with Gasteiger partial charge in [0.25, 0.3) is 0 Å². The summed E-state index contributed by atoms with van der Waals surface area (Å²) in [7, 11) is -2.19. The molecule has 0 bridgehead atoms. The minimum absolute atomic E-state index is 0.0370. The van der Waals surface area contributed by atoms with Gasteiger partial charge >= 0.3 is 5.97 Å². The van der Waals surface area contributed by atoms with Crippen molar-refractivity contribution in [3.63, 3.8) is 0 Å². The summed E-state index contributed by atoms with van der Waals surface area (Å²) in [6.45, 7) is 0. The van der Waals surface area contributed by atoms with E-state index in [4.69, 9.17) is 4.74 Å². The zero-order chi connectivity index (χ0) is 19.6. The Morgan fingerprint density at radius 1 is 1.11 bits per heavy atom. The van der Waals surface area contributed by atoms with Crippen molar-refractivity contribution in [3.8, 4) is 11.1 Å². The molecule has 0 unspecified atom stereocenters. The zero-order valence-corrected chi connectivity index (χ0v) is 15.6. The molecule has 0 heterocycles. The van der Waals surface area contributed by atoms with Crippen molar-refractivity contribution < 1.29 is 26.7 Å². The van der Waals surface area contributed by atoms with Gasteiger partial charge in [0.2, 0.25) is 0 Å². The van der Waals surface area contributed by atoms with Crippen molar-refractivity contribution in [2.24, 2.45) is 11.8 Å². The highest BCUT2D eigenvalue weighted by molar-refractivity contribution is 7.91. The lowest BCUT2D eigenvalue weighted by atomic mass is 10.1. The van der Waals surface area contributed by atoms with E-state index >= 15 is 0 Å². The quantitative estimate of drug-likeness (QED) is 0.720. The fourth-order valence-corrected chi connectivity index (χ4v) is 5.25. The van der Waals surface area contributed by atoms with Crippen molar-refractivity contribution in [3.05, 3.63) is 54.1 Å². The van der Waals surface area contributed by atoms with E-state index in [0.717, 1.165) is 12.1 Å². The summed E-state index contributed by atoms with van der Waals surface area (Å²) in [5, 5.41) is 0. The van der Waals surface area contributed by atoms with Crippen LogP contribution in [0.2, 0.25) is 0 Å². The summed E-state index contributed by atoms with van der Waals surface area (Å²) in [6.07, 6.45) is 1.80. The van der Waals surface area contributed by atoms with Gasteiger partial charge in [-0.1, -0.05) is 12.1 Å². The van der Waals surface area contributed by atoms with Crippen LogP contribution in [0, 0.1) is 23.5 Å². The van der Waals surface area contributed by atoms with Crippen LogP contribution in [0.1, 0.15) is 19.3 Å². The van der Waals surface area contributed by atoms with E-state index in [2.05, 4.69) is 0 Å². The second-order valence-electron chi connectivity index (χ2n) is 6.83. The van der Waals surface area contributed by atoms with Crippen LogP contribution in [0.4, 0.5) is 8.78 Å². The van der Waals surface area contributed by atoms with Gasteiger partial charge in [0, 0.05) is 11.6 Å². The molecule has 1 fully saturated rings. The van der Waals surface area contributed by atoms with E-state index in [1.165, 1.54) is 37.4 Å². The Kier molecular flexibility index (Phi) is 5.60. The number of hydrogen-bond donors (Lipinski definition) is 0. The smallest absolute Gasteiger partial charge is 0.308 e. The lowest BCUT2D eigenvalue weighted by Gasteiger charge is -2.12. The first-order chi connectivity index (χ1) is 12.8. The van der Waals surface area contributed by atoms with Crippen LogP contribution >= 0.6 is 0 Å². The van der Waals surface area contributed by atoms with Crippen LogP contribution in [0.15, 0.2) is 47.4 Å². The second kappa shape index (κ2) is 7.76. The molecule has 2 aromatic rings. The van der Waals surface area contributed by atoms with E-state index in [9.17, 15) is 22.0 Å². The summed E-state index contributed by atoms with van der Waals surface area (Å²) < 4.78 is 56.9. The number of halogens is 2. The number of rotatable bonds is 5. The predicted molar refractivity (Wildman–Crippen MR) is 96.7 cm³/mol. The highest BCUT2D eigenvalue weighted by Crippen LogP contribution is 2.34. The summed E-state index contributed by atoms with van der Waals surface area (Å²) in [6, 6.07) is 9.14. The number of sulfone groups is 1. The van der Waals surface area contributed by atoms with Gasteiger partial charge in [-0.2, -0.15) is 0 Å². The molecular formula is C20H20F2O4S. The van der Waals surface area contributed by atoms with Crippen LogP contribution in [-0.2, 0) is 19.4 Å². The minimum atomic E-state index is -3.52. The maximum atomic E-state index is 13.9. The summed E-state index contributed by atoms with van der Waals surface area (Å²) >= 11 is 0. The standard InChI is InChI=1S/C20H20F2O4S/c1-26-20(23)15-3-2-13(10-15)12-27(24,25)17-7-4-14(5-8-17)18-9-6-16(21)11-19(18)22/h4-9,11,13,15H,2-3,10,12H2,1H3/t13-,15+/m0/s1. The largest absolute Gasteiger partial charge is 0.469 e. The average Bonchev–Trinajstić information content (AvgIpc) is 3.09. The molecule has 2 aromatic carbocycles. The van der Waals surface area contributed by atoms with Crippen molar-refractivity contribution in [1.82, 2.24) is 0 Å². The molecule has 2 atom stereocenters. The maximum absolute atomic E-state index is 13.9. The summed E-state index contributed by atoms with van der Waals surface area (Å²) in [5.41, 5.74) is 0.676. The third-order valence-electron chi connectivity index (χ3n) is 4.99. The molecule has 4 nitrogen and oxygen atoms in total. The van der Waals surface area contributed by atoms with Crippen LogP contribution in [-0.4, -0.2) is 27.2 Å². The number of carbonyl (C=O) groups excluding carboxylic acids is 1. The van der Waals surface area contributed by atoms with E-state index in [-0.39, 0.29) is 34.0 Å². The third-order valence-corrected chi connectivity index (χ3v) is 6.89. The van der Waals surface area contributed by atoms with Crippen LogP contribution in [0.5, 0.6) is 0 Å². The fourth-order valence-electron chi connectivity index (χ4n) is 3.58. The molecule has 144 valence electrons. The molecule has 0 aliphatic heterocycles. The van der Waals surface area contributed by atoms with Crippen molar-refractivity contribution >= 4 is 15.8 Å². The number of benzene rings is 2. The normalized spacial score (nSPS) is 19.8. The number of methoxy groups -OCH3 is 1. The highest BCUT2D eigenvalue weighted by atomic mass is 32.2. The summed E-state index contributed by atoms with van der Waals surface area (Å²) in [5.74, 6) is -2.03. The Morgan fingerprint density at radius 3 is 2.44 bits per heavy atom. The number of carbonyl (C=O) groups is 1. The Hall–Kier alpha value is -2.28. The molecule has 27 heavy (non-hydrogen) atoms. The molecular weight excluding hydrogens is 374 g/mol. The number of esters is 1.